The summed E-state index contributed by atoms with van der Waals surface area (Å²) in [6.45, 7) is 10.3. The first-order valence-corrected chi connectivity index (χ1v) is 9.91. The Balaban J connectivity index is 1.40. The molecule has 4 rings (SSSR count). The largest absolute Gasteiger partial charge is 0.444 e. The van der Waals surface area contributed by atoms with Gasteiger partial charge in [-0.15, -0.1) is 0 Å². The van der Waals surface area contributed by atoms with Gasteiger partial charge in [-0.05, 0) is 52.5 Å². The lowest BCUT2D eigenvalue weighted by molar-refractivity contribution is -0.125. The Morgan fingerprint density at radius 3 is 2.48 bits per heavy atom. The predicted molar refractivity (Wildman–Crippen MR) is 105 cm³/mol. The van der Waals surface area contributed by atoms with Gasteiger partial charge in [0.1, 0.15) is 16.9 Å². The van der Waals surface area contributed by atoms with Gasteiger partial charge in [0, 0.05) is 24.4 Å². The highest BCUT2D eigenvalue weighted by molar-refractivity contribution is 5.86. The third kappa shape index (κ3) is 3.56. The molecule has 0 spiro atoms. The van der Waals surface area contributed by atoms with E-state index in [1.165, 1.54) is 6.07 Å². The molecule has 2 fully saturated rings. The normalized spacial score (nSPS) is 23.8. The second-order valence-electron chi connectivity index (χ2n) is 9.59. The van der Waals surface area contributed by atoms with Gasteiger partial charge in [-0.2, -0.15) is 5.10 Å². The topological polar surface area (TPSA) is 87.3 Å². The number of nitrogens with one attached hydrogen (secondary N) is 2. The van der Waals surface area contributed by atoms with Crippen LogP contribution in [0, 0.1) is 23.6 Å². The Morgan fingerprint density at radius 1 is 1.21 bits per heavy atom. The monoisotopic (exact) mass is 402 g/mol. The molecule has 0 radical (unpaired) electrons. The maximum absolute atomic E-state index is 13.9. The second-order valence-corrected chi connectivity index (χ2v) is 9.59. The van der Waals surface area contributed by atoms with Gasteiger partial charge in [0.05, 0.1) is 11.2 Å². The highest BCUT2D eigenvalue weighted by Crippen LogP contribution is 2.52. The zero-order valence-electron chi connectivity index (χ0n) is 17.4. The maximum Gasteiger partial charge on any atom is 0.410 e. The number of amides is 2. The third-order valence-electron chi connectivity index (χ3n) is 5.72. The number of aromatic nitrogens is 2. The molecule has 7 nitrogen and oxygen atoms in total. The number of aromatic amines is 1. The molecule has 0 bridgehead atoms. The van der Waals surface area contributed by atoms with E-state index in [0.717, 1.165) is 0 Å². The number of fused-ring (bicyclic) bond motifs is 2. The molecule has 1 aromatic heterocycles. The molecule has 8 heteroatoms. The lowest BCUT2D eigenvalue weighted by Gasteiger charge is -2.27. The van der Waals surface area contributed by atoms with Crippen molar-refractivity contribution in [2.24, 2.45) is 17.8 Å². The quantitative estimate of drug-likeness (QED) is 0.826. The standard InChI is InChI=1S/C21H27FN4O3/c1-20(2,3)29-19(28)26-9-12-13(10-26)15(12)18(27)23-21(4,5)17-11-7-6-8-14(22)16(11)24-25-17/h6-8,12-13,15H,9-10H2,1-5H3,(H,23,27)(H,24,25)/t12-,13+,15+. The Labute approximate surface area is 169 Å². The first-order chi connectivity index (χ1) is 13.5. The number of likely N-dealkylation sites (tertiary alicyclic amines) is 1. The zero-order chi connectivity index (χ0) is 21.1. The summed E-state index contributed by atoms with van der Waals surface area (Å²) < 4.78 is 19.4. The van der Waals surface area contributed by atoms with Crippen molar-refractivity contribution >= 4 is 22.9 Å². The minimum absolute atomic E-state index is 0.0543. The van der Waals surface area contributed by atoms with E-state index in [1.807, 2.05) is 34.6 Å². The molecule has 2 amide bonds. The minimum atomic E-state index is -0.759. The molecule has 1 saturated heterocycles. The number of hydrogen-bond donors (Lipinski definition) is 2. The number of carbonyl (C=O) groups is 2. The molecule has 1 saturated carbocycles. The molecule has 2 N–H and O–H groups in total. The lowest BCUT2D eigenvalue weighted by atomic mass is 9.96. The number of benzene rings is 1. The summed E-state index contributed by atoms with van der Waals surface area (Å²) in [6.07, 6.45) is -0.325. The van der Waals surface area contributed by atoms with Crippen LogP contribution < -0.4 is 5.32 Å². The van der Waals surface area contributed by atoms with Crippen molar-refractivity contribution in [3.8, 4) is 0 Å². The van der Waals surface area contributed by atoms with Crippen LogP contribution in [0.2, 0.25) is 0 Å². The molecule has 1 aromatic carbocycles. The zero-order valence-corrected chi connectivity index (χ0v) is 17.4. The number of H-pyrrole nitrogens is 1. The van der Waals surface area contributed by atoms with Gasteiger partial charge < -0.3 is 15.0 Å². The Kier molecular flexibility index (Phi) is 4.36. The lowest BCUT2D eigenvalue weighted by Crippen LogP contribution is -2.44. The molecule has 2 heterocycles. The van der Waals surface area contributed by atoms with Gasteiger partial charge >= 0.3 is 6.09 Å². The number of hydrogen-bond acceptors (Lipinski definition) is 4. The summed E-state index contributed by atoms with van der Waals surface area (Å²) in [7, 11) is 0. The average Bonchev–Trinajstić information content (AvgIpc) is 2.96. The molecule has 29 heavy (non-hydrogen) atoms. The first kappa shape index (κ1) is 19.7. The molecule has 156 valence electrons. The van der Waals surface area contributed by atoms with E-state index in [2.05, 4.69) is 15.5 Å². The maximum atomic E-state index is 13.9. The van der Waals surface area contributed by atoms with Crippen LogP contribution in [0.3, 0.4) is 0 Å². The van der Waals surface area contributed by atoms with Crippen molar-refractivity contribution < 1.29 is 18.7 Å². The SMILES string of the molecule is CC(C)(C)OC(=O)N1C[C@@H]2[C@H](C1)[C@H]2C(=O)NC(C)(C)c1n[nH]c2c(F)cccc12. The van der Waals surface area contributed by atoms with E-state index < -0.39 is 11.1 Å². The van der Waals surface area contributed by atoms with Gasteiger partial charge in [0.15, 0.2) is 0 Å². The van der Waals surface area contributed by atoms with Crippen LogP contribution in [-0.2, 0) is 15.1 Å². The summed E-state index contributed by atoms with van der Waals surface area (Å²) in [6, 6.07) is 4.79. The van der Waals surface area contributed by atoms with Crippen LogP contribution in [-0.4, -0.2) is 45.8 Å². The Morgan fingerprint density at radius 2 is 1.86 bits per heavy atom. The highest BCUT2D eigenvalue weighted by atomic mass is 19.1. The van der Waals surface area contributed by atoms with Crippen LogP contribution in [0.4, 0.5) is 9.18 Å². The summed E-state index contributed by atoms with van der Waals surface area (Å²) in [5, 5.41) is 10.7. The molecule has 2 aromatic rings. The second kappa shape index (κ2) is 6.43. The molecule has 0 unspecified atom stereocenters. The Bertz CT molecular complexity index is 966. The van der Waals surface area contributed by atoms with Crippen molar-refractivity contribution in [1.82, 2.24) is 20.4 Å². The molecule has 2 aliphatic rings. The van der Waals surface area contributed by atoms with E-state index in [9.17, 15) is 14.0 Å². The molecule has 3 atom stereocenters. The van der Waals surface area contributed by atoms with Gasteiger partial charge in [-0.25, -0.2) is 9.18 Å². The van der Waals surface area contributed by atoms with E-state index in [0.29, 0.717) is 29.7 Å². The Hall–Kier alpha value is -2.64. The van der Waals surface area contributed by atoms with Crippen LogP contribution >= 0.6 is 0 Å². The van der Waals surface area contributed by atoms with Gasteiger partial charge in [0.2, 0.25) is 5.91 Å². The summed E-state index contributed by atoms with van der Waals surface area (Å²) in [4.78, 5) is 26.8. The summed E-state index contributed by atoms with van der Waals surface area (Å²) >= 11 is 0. The van der Waals surface area contributed by atoms with Crippen LogP contribution in [0.1, 0.15) is 40.3 Å². The summed E-state index contributed by atoms with van der Waals surface area (Å²) in [5.74, 6) is -0.225. The van der Waals surface area contributed by atoms with Crippen molar-refractivity contribution in [3.63, 3.8) is 0 Å². The van der Waals surface area contributed by atoms with Crippen LogP contribution in [0.15, 0.2) is 18.2 Å². The van der Waals surface area contributed by atoms with E-state index >= 15 is 0 Å². The predicted octanol–water partition coefficient (Wildman–Crippen LogP) is 3.17. The third-order valence-corrected chi connectivity index (χ3v) is 5.72. The van der Waals surface area contributed by atoms with E-state index in [1.54, 1.807) is 17.0 Å². The fourth-order valence-corrected chi connectivity index (χ4v) is 4.32. The number of para-hydroxylation sites is 1. The van der Waals surface area contributed by atoms with Crippen LogP contribution in [0.25, 0.3) is 10.9 Å². The summed E-state index contributed by atoms with van der Waals surface area (Å²) in [5.41, 5.74) is -0.357. The average molecular weight is 402 g/mol. The number of piperidine rings is 1. The van der Waals surface area contributed by atoms with Gasteiger partial charge in [-0.3, -0.25) is 9.89 Å². The fourth-order valence-electron chi connectivity index (χ4n) is 4.32. The van der Waals surface area contributed by atoms with Gasteiger partial charge in [0.25, 0.3) is 0 Å². The fraction of sp³-hybridized carbons (Fsp3) is 0.571. The molecule has 1 aliphatic heterocycles. The van der Waals surface area contributed by atoms with Crippen molar-refractivity contribution in [3.05, 3.63) is 29.7 Å². The van der Waals surface area contributed by atoms with Crippen molar-refractivity contribution in [2.75, 3.05) is 13.1 Å². The van der Waals surface area contributed by atoms with Crippen molar-refractivity contribution in [2.45, 2.75) is 45.8 Å². The van der Waals surface area contributed by atoms with Crippen LogP contribution in [0.5, 0.6) is 0 Å². The van der Waals surface area contributed by atoms with E-state index in [4.69, 9.17) is 4.74 Å². The first-order valence-electron chi connectivity index (χ1n) is 9.91. The van der Waals surface area contributed by atoms with E-state index in [-0.39, 0.29) is 35.6 Å². The van der Waals surface area contributed by atoms with Crippen molar-refractivity contribution in [1.29, 1.82) is 0 Å². The molecule has 1 aliphatic carbocycles. The van der Waals surface area contributed by atoms with Gasteiger partial charge in [-0.1, -0.05) is 12.1 Å². The molecular formula is C21H27FN4O3. The highest BCUT2D eigenvalue weighted by Gasteiger charge is 2.61. The molecular weight excluding hydrogens is 375 g/mol. The number of ether oxygens (including phenoxy) is 1. The minimum Gasteiger partial charge on any atom is -0.444 e. The number of nitrogens with zero attached hydrogens (tertiary/aromatic N) is 2. The number of halogens is 1. The number of carbonyl (C=O) groups excluding carboxylic acids is 2. The number of rotatable bonds is 3. The smallest absolute Gasteiger partial charge is 0.410 e.